The van der Waals surface area contributed by atoms with Crippen LogP contribution in [0, 0.1) is 11.3 Å². The first-order valence-corrected chi connectivity index (χ1v) is 6.02. The van der Waals surface area contributed by atoms with E-state index in [4.69, 9.17) is 10.00 Å². The molecule has 1 aliphatic heterocycles. The number of nitrogens with zero attached hydrogens (tertiary/aromatic N) is 2. The summed E-state index contributed by atoms with van der Waals surface area (Å²) in [5.41, 5.74) is 1.17. The molecular weight excluding hydrogens is 228 g/mol. The van der Waals surface area contributed by atoms with Gasteiger partial charge >= 0.3 is 0 Å². The molecule has 0 radical (unpaired) electrons. The maximum atomic E-state index is 12.3. The minimum Gasteiger partial charge on any atom is -0.376 e. The zero-order valence-corrected chi connectivity index (χ0v) is 10.6. The third-order valence-corrected chi connectivity index (χ3v) is 3.41. The van der Waals surface area contributed by atoms with E-state index < -0.39 is 0 Å². The van der Waals surface area contributed by atoms with Gasteiger partial charge in [0.05, 0.1) is 23.8 Å². The standard InChI is InChI=1S/C14H16N2O2/c1-10-13(7-8-18-10)16(2)14(17)12-5-3-11(9-15)4-6-12/h3-6,10,13H,7-8H2,1-2H3. The highest BCUT2D eigenvalue weighted by Crippen LogP contribution is 2.20. The molecule has 0 aromatic heterocycles. The third kappa shape index (κ3) is 2.36. The summed E-state index contributed by atoms with van der Waals surface area (Å²) in [5, 5.41) is 8.72. The number of likely N-dealkylation sites (N-methyl/N-ethyl adjacent to an activating group) is 1. The number of carbonyl (C=O) groups excluding carboxylic acids is 1. The fraction of sp³-hybridized carbons (Fsp3) is 0.429. The summed E-state index contributed by atoms with van der Waals surface area (Å²) >= 11 is 0. The zero-order valence-electron chi connectivity index (χ0n) is 10.6. The second-order valence-electron chi connectivity index (χ2n) is 4.54. The van der Waals surface area contributed by atoms with Crippen molar-refractivity contribution >= 4 is 5.91 Å². The first-order valence-electron chi connectivity index (χ1n) is 6.02. The van der Waals surface area contributed by atoms with Gasteiger partial charge in [0.15, 0.2) is 0 Å². The van der Waals surface area contributed by atoms with E-state index in [1.807, 2.05) is 13.0 Å². The fourth-order valence-corrected chi connectivity index (χ4v) is 2.27. The number of nitriles is 1. The molecule has 0 bridgehead atoms. The number of rotatable bonds is 2. The highest BCUT2D eigenvalue weighted by molar-refractivity contribution is 5.94. The van der Waals surface area contributed by atoms with Crippen molar-refractivity contribution in [2.45, 2.75) is 25.5 Å². The van der Waals surface area contributed by atoms with Gasteiger partial charge in [0, 0.05) is 19.2 Å². The first-order chi connectivity index (χ1) is 8.63. The predicted molar refractivity (Wildman–Crippen MR) is 67.1 cm³/mol. The smallest absolute Gasteiger partial charge is 0.253 e. The van der Waals surface area contributed by atoms with E-state index in [0.29, 0.717) is 17.7 Å². The summed E-state index contributed by atoms with van der Waals surface area (Å²) < 4.78 is 5.47. The van der Waals surface area contributed by atoms with Crippen LogP contribution in [0.5, 0.6) is 0 Å². The molecule has 2 atom stereocenters. The van der Waals surface area contributed by atoms with Crippen molar-refractivity contribution in [2.75, 3.05) is 13.7 Å². The van der Waals surface area contributed by atoms with Crippen LogP contribution in [0.25, 0.3) is 0 Å². The molecule has 0 aliphatic carbocycles. The van der Waals surface area contributed by atoms with Crippen molar-refractivity contribution in [1.82, 2.24) is 4.90 Å². The van der Waals surface area contributed by atoms with Crippen molar-refractivity contribution < 1.29 is 9.53 Å². The topological polar surface area (TPSA) is 53.3 Å². The Kier molecular flexibility index (Phi) is 3.63. The van der Waals surface area contributed by atoms with Crippen molar-refractivity contribution in [3.05, 3.63) is 35.4 Å². The predicted octanol–water partition coefficient (Wildman–Crippen LogP) is 1.81. The molecule has 1 aliphatic rings. The van der Waals surface area contributed by atoms with Crippen LogP contribution >= 0.6 is 0 Å². The van der Waals surface area contributed by atoms with Crippen LogP contribution in [0.2, 0.25) is 0 Å². The van der Waals surface area contributed by atoms with Crippen LogP contribution in [0.4, 0.5) is 0 Å². The van der Waals surface area contributed by atoms with E-state index in [-0.39, 0.29) is 18.1 Å². The normalized spacial score (nSPS) is 22.5. The van der Waals surface area contributed by atoms with Crippen LogP contribution in [-0.4, -0.2) is 36.6 Å². The molecule has 1 aromatic rings. The molecule has 1 saturated heterocycles. The largest absolute Gasteiger partial charge is 0.376 e. The molecule has 94 valence electrons. The highest BCUT2D eigenvalue weighted by Gasteiger charge is 2.30. The second kappa shape index (κ2) is 5.19. The van der Waals surface area contributed by atoms with E-state index in [0.717, 1.165) is 6.42 Å². The Morgan fingerprint density at radius 3 is 2.61 bits per heavy atom. The van der Waals surface area contributed by atoms with Gasteiger partial charge in [-0.1, -0.05) is 0 Å². The Hall–Kier alpha value is -1.86. The number of benzene rings is 1. The van der Waals surface area contributed by atoms with Crippen LogP contribution in [0.15, 0.2) is 24.3 Å². The first kappa shape index (κ1) is 12.6. The molecule has 4 heteroatoms. The van der Waals surface area contributed by atoms with E-state index >= 15 is 0 Å². The van der Waals surface area contributed by atoms with E-state index in [2.05, 4.69) is 0 Å². The summed E-state index contributed by atoms with van der Waals surface area (Å²) in [6.07, 6.45) is 0.956. The zero-order chi connectivity index (χ0) is 13.1. The fourth-order valence-electron chi connectivity index (χ4n) is 2.27. The molecule has 0 N–H and O–H groups in total. The summed E-state index contributed by atoms with van der Waals surface area (Å²) in [7, 11) is 1.80. The van der Waals surface area contributed by atoms with Gasteiger partial charge in [-0.25, -0.2) is 0 Å². The minimum atomic E-state index is -0.0261. The number of carbonyl (C=O) groups is 1. The number of hydrogen-bond acceptors (Lipinski definition) is 3. The third-order valence-electron chi connectivity index (χ3n) is 3.41. The molecule has 18 heavy (non-hydrogen) atoms. The van der Waals surface area contributed by atoms with Crippen molar-refractivity contribution in [3.63, 3.8) is 0 Å². The van der Waals surface area contributed by atoms with Gasteiger partial charge in [0.1, 0.15) is 0 Å². The SMILES string of the molecule is CC1OCCC1N(C)C(=O)c1ccc(C#N)cc1. The van der Waals surface area contributed by atoms with Crippen LogP contribution in [-0.2, 0) is 4.74 Å². The van der Waals surface area contributed by atoms with Crippen molar-refractivity contribution in [1.29, 1.82) is 5.26 Å². The molecule has 1 aromatic carbocycles. The lowest BCUT2D eigenvalue weighted by atomic mass is 10.1. The van der Waals surface area contributed by atoms with Gasteiger partial charge in [0.25, 0.3) is 5.91 Å². The van der Waals surface area contributed by atoms with Crippen molar-refractivity contribution in [2.24, 2.45) is 0 Å². The minimum absolute atomic E-state index is 0.0261. The van der Waals surface area contributed by atoms with Crippen LogP contribution in [0.1, 0.15) is 29.3 Å². The Balaban J connectivity index is 2.12. The van der Waals surface area contributed by atoms with E-state index in [9.17, 15) is 4.79 Å². The lowest BCUT2D eigenvalue weighted by Gasteiger charge is -2.26. The van der Waals surface area contributed by atoms with E-state index in [1.54, 1.807) is 36.2 Å². The van der Waals surface area contributed by atoms with Gasteiger partial charge in [0.2, 0.25) is 0 Å². The molecule has 0 spiro atoms. The molecule has 1 fully saturated rings. The Morgan fingerprint density at radius 2 is 2.11 bits per heavy atom. The molecule has 2 unspecified atom stereocenters. The molecule has 1 amide bonds. The maximum absolute atomic E-state index is 12.3. The van der Waals surface area contributed by atoms with Gasteiger partial charge in [-0.3, -0.25) is 4.79 Å². The average molecular weight is 244 g/mol. The number of ether oxygens (including phenoxy) is 1. The van der Waals surface area contributed by atoms with Gasteiger partial charge < -0.3 is 9.64 Å². The van der Waals surface area contributed by atoms with Crippen LogP contribution < -0.4 is 0 Å². The van der Waals surface area contributed by atoms with Crippen LogP contribution in [0.3, 0.4) is 0 Å². The molecule has 2 rings (SSSR count). The lowest BCUT2D eigenvalue weighted by molar-refractivity contribution is 0.0574. The Labute approximate surface area is 107 Å². The molecular formula is C14H16N2O2. The summed E-state index contributed by atoms with van der Waals surface area (Å²) in [6, 6.07) is 8.88. The van der Waals surface area contributed by atoms with Gasteiger partial charge in [-0.2, -0.15) is 5.26 Å². The van der Waals surface area contributed by atoms with Crippen molar-refractivity contribution in [3.8, 4) is 6.07 Å². The Morgan fingerprint density at radius 1 is 1.44 bits per heavy atom. The number of hydrogen-bond donors (Lipinski definition) is 0. The van der Waals surface area contributed by atoms with Gasteiger partial charge in [-0.05, 0) is 37.6 Å². The van der Waals surface area contributed by atoms with E-state index in [1.165, 1.54) is 0 Å². The summed E-state index contributed by atoms with van der Waals surface area (Å²) in [5.74, 6) is -0.0261. The molecule has 1 heterocycles. The number of amides is 1. The average Bonchev–Trinajstić information content (AvgIpc) is 2.83. The Bertz CT molecular complexity index is 476. The molecule has 4 nitrogen and oxygen atoms in total. The molecule has 0 saturated carbocycles. The lowest BCUT2D eigenvalue weighted by Crippen LogP contribution is -2.40. The second-order valence-corrected chi connectivity index (χ2v) is 4.54. The highest BCUT2D eigenvalue weighted by atomic mass is 16.5. The van der Waals surface area contributed by atoms with Gasteiger partial charge in [-0.15, -0.1) is 0 Å². The quantitative estimate of drug-likeness (QED) is 0.797. The maximum Gasteiger partial charge on any atom is 0.253 e. The monoisotopic (exact) mass is 244 g/mol. The summed E-state index contributed by atoms with van der Waals surface area (Å²) in [4.78, 5) is 14.0. The summed E-state index contributed by atoms with van der Waals surface area (Å²) in [6.45, 7) is 2.69.